The fraction of sp³-hybridized carbons (Fsp3) is 0.500. The van der Waals surface area contributed by atoms with Crippen molar-refractivity contribution < 1.29 is 31.5 Å². The van der Waals surface area contributed by atoms with Gasteiger partial charge >= 0.3 is 12.1 Å². The number of aromatic nitrogens is 1. The topological polar surface area (TPSA) is 39.2 Å². The van der Waals surface area contributed by atoms with Gasteiger partial charge in [-0.1, -0.05) is 0 Å². The van der Waals surface area contributed by atoms with Crippen molar-refractivity contribution in [2.75, 3.05) is 6.61 Å². The molecule has 0 spiro atoms. The number of hydrogen-bond donors (Lipinski definition) is 0. The molecule has 0 N–H and O–H groups in total. The molecule has 1 aromatic heterocycles. The Kier molecular flexibility index (Phi) is 5.88. The number of halogens is 6. The van der Waals surface area contributed by atoms with Gasteiger partial charge in [-0.15, -0.1) is 11.6 Å². The normalized spacial score (nSPS) is 11.8. The summed E-state index contributed by atoms with van der Waals surface area (Å²) < 4.78 is 69.2. The van der Waals surface area contributed by atoms with Crippen LogP contribution in [0.1, 0.15) is 35.9 Å². The Morgan fingerprint density at radius 3 is 2.48 bits per heavy atom. The molecule has 118 valence electrons. The van der Waals surface area contributed by atoms with Crippen LogP contribution in [0.4, 0.5) is 22.0 Å². The van der Waals surface area contributed by atoms with E-state index in [1.54, 1.807) is 0 Å². The molecule has 0 aliphatic carbocycles. The third kappa shape index (κ3) is 4.52. The van der Waals surface area contributed by atoms with Gasteiger partial charge in [0.2, 0.25) is 0 Å². The summed E-state index contributed by atoms with van der Waals surface area (Å²) in [7, 11) is 0. The Morgan fingerprint density at radius 1 is 1.43 bits per heavy atom. The highest BCUT2D eigenvalue weighted by Crippen LogP contribution is 2.38. The summed E-state index contributed by atoms with van der Waals surface area (Å²) in [4.78, 5) is 14.9. The Morgan fingerprint density at radius 2 is 2.05 bits per heavy atom. The van der Waals surface area contributed by atoms with Gasteiger partial charge in [-0.05, 0) is 13.0 Å². The molecule has 0 radical (unpaired) electrons. The third-order valence-corrected chi connectivity index (χ3v) is 2.72. The van der Waals surface area contributed by atoms with Crippen LogP contribution in [0.2, 0.25) is 0 Å². The van der Waals surface area contributed by atoms with E-state index in [4.69, 9.17) is 11.6 Å². The fourth-order valence-corrected chi connectivity index (χ4v) is 1.86. The monoisotopic (exact) mass is 331 g/mol. The number of hydrogen-bond acceptors (Lipinski definition) is 3. The lowest BCUT2D eigenvalue weighted by Crippen LogP contribution is -2.19. The highest BCUT2D eigenvalue weighted by atomic mass is 35.5. The van der Waals surface area contributed by atoms with Crippen molar-refractivity contribution in [1.29, 1.82) is 0 Å². The Balaban J connectivity index is 3.43. The second-order valence-electron chi connectivity index (χ2n) is 3.94. The van der Waals surface area contributed by atoms with Gasteiger partial charge in [0.05, 0.1) is 35.9 Å². The summed E-state index contributed by atoms with van der Waals surface area (Å²) in [6.07, 6.45) is -9.29. The number of pyridine rings is 1. The Hall–Kier alpha value is -1.44. The zero-order chi connectivity index (χ0) is 16.2. The molecule has 0 aliphatic heterocycles. The predicted molar refractivity (Wildman–Crippen MR) is 64.1 cm³/mol. The molecule has 0 amide bonds. The van der Waals surface area contributed by atoms with Crippen molar-refractivity contribution in [3.63, 3.8) is 0 Å². The SMILES string of the molecule is CCOC(=O)Cc1nc(CCl)cc(C(F)F)c1C(F)(F)F. The fourth-order valence-electron chi connectivity index (χ4n) is 1.72. The van der Waals surface area contributed by atoms with E-state index in [0.717, 1.165) is 0 Å². The van der Waals surface area contributed by atoms with E-state index in [0.29, 0.717) is 6.07 Å². The van der Waals surface area contributed by atoms with Gasteiger partial charge in [0.15, 0.2) is 0 Å². The van der Waals surface area contributed by atoms with Crippen LogP contribution < -0.4 is 0 Å². The maximum atomic E-state index is 13.0. The first-order valence-electron chi connectivity index (χ1n) is 5.80. The smallest absolute Gasteiger partial charge is 0.418 e. The molecule has 0 aliphatic rings. The van der Waals surface area contributed by atoms with Gasteiger partial charge in [-0.2, -0.15) is 13.2 Å². The van der Waals surface area contributed by atoms with Crippen LogP contribution in [-0.2, 0) is 28.0 Å². The molecule has 1 rings (SSSR count). The number of carbonyl (C=O) groups excluding carboxylic acids is 1. The maximum absolute atomic E-state index is 13.0. The second-order valence-corrected chi connectivity index (χ2v) is 4.21. The third-order valence-electron chi connectivity index (χ3n) is 2.45. The van der Waals surface area contributed by atoms with Crippen molar-refractivity contribution in [3.8, 4) is 0 Å². The molecule has 9 heteroatoms. The number of carbonyl (C=O) groups is 1. The lowest BCUT2D eigenvalue weighted by atomic mass is 10.0. The molecule has 0 saturated carbocycles. The van der Waals surface area contributed by atoms with Crippen LogP contribution in [0.15, 0.2) is 6.07 Å². The molecule has 21 heavy (non-hydrogen) atoms. The largest absolute Gasteiger partial charge is 0.466 e. The highest BCUT2D eigenvalue weighted by Gasteiger charge is 2.40. The van der Waals surface area contributed by atoms with Gasteiger partial charge in [0.25, 0.3) is 6.43 Å². The quantitative estimate of drug-likeness (QED) is 0.467. The maximum Gasteiger partial charge on any atom is 0.418 e. The number of rotatable bonds is 5. The lowest BCUT2D eigenvalue weighted by molar-refractivity contribution is -0.144. The van der Waals surface area contributed by atoms with E-state index in [1.165, 1.54) is 6.92 Å². The van der Waals surface area contributed by atoms with Gasteiger partial charge in [-0.3, -0.25) is 9.78 Å². The lowest BCUT2D eigenvalue weighted by Gasteiger charge is -2.17. The highest BCUT2D eigenvalue weighted by molar-refractivity contribution is 6.16. The van der Waals surface area contributed by atoms with E-state index in [2.05, 4.69) is 9.72 Å². The van der Waals surface area contributed by atoms with Gasteiger partial charge in [0.1, 0.15) is 0 Å². The average Bonchev–Trinajstić information content (AvgIpc) is 2.36. The minimum atomic E-state index is -5.06. The first kappa shape index (κ1) is 17.6. The molecule has 0 atom stereocenters. The van der Waals surface area contributed by atoms with E-state index >= 15 is 0 Å². The van der Waals surface area contributed by atoms with Crippen molar-refractivity contribution in [2.24, 2.45) is 0 Å². The molecular formula is C12H11ClF5NO2. The van der Waals surface area contributed by atoms with Crippen LogP contribution >= 0.6 is 11.6 Å². The van der Waals surface area contributed by atoms with Crippen LogP contribution in [0.5, 0.6) is 0 Å². The average molecular weight is 332 g/mol. The molecule has 0 unspecified atom stereocenters. The Labute approximate surface area is 122 Å². The number of alkyl halides is 6. The summed E-state index contributed by atoms with van der Waals surface area (Å²) in [5, 5.41) is 0. The van der Waals surface area contributed by atoms with Crippen LogP contribution in [0, 0.1) is 0 Å². The zero-order valence-electron chi connectivity index (χ0n) is 10.8. The first-order valence-corrected chi connectivity index (χ1v) is 6.33. The minimum Gasteiger partial charge on any atom is -0.466 e. The van der Waals surface area contributed by atoms with Crippen LogP contribution in [0.3, 0.4) is 0 Å². The van der Waals surface area contributed by atoms with Crippen molar-refractivity contribution in [1.82, 2.24) is 4.98 Å². The molecule has 3 nitrogen and oxygen atoms in total. The molecule has 0 bridgehead atoms. The summed E-state index contributed by atoms with van der Waals surface area (Å²) in [6.45, 7) is 1.42. The predicted octanol–water partition coefficient (Wildman–Crippen LogP) is 3.88. The van der Waals surface area contributed by atoms with Crippen molar-refractivity contribution in [3.05, 3.63) is 28.6 Å². The van der Waals surface area contributed by atoms with Crippen LogP contribution in [0.25, 0.3) is 0 Å². The standard InChI is InChI=1S/C12H11ClF5NO2/c1-2-21-9(20)4-8-10(12(16,17)18)7(11(14)15)3-6(5-13)19-8/h3,11H,2,4-5H2,1H3. The van der Waals surface area contributed by atoms with Gasteiger partial charge in [-0.25, -0.2) is 8.78 Å². The molecule has 1 heterocycles. The van der Waals surface area contributed by atoms with Crippen molar-refractivity contribution >= 4 is 17.6 Å². The van der Waals surface area contributed by atoms with Gasteiger partial charge < -0.3 is 4.74 Å². The minimum absolute atomic E-state index is 0.0446. The number of nitrogens with zero attached hydrogens (tertiary/aromatic N) is 1. The molecule has 0 saturated heterocycles. The second kappa shape index (κ2) is 7.02. The summed E-state index contributed by atoms with van der Waals surface area (Å²) in [5.41, 5.74) is -3.83. The van der Waals surface area contributed by atoms with Crippen LogP contribution in [-0.4, -0.2) is 17.6 Å². The van der Waals surface area contributed by atoms with Crippen molar-refractivity contribution in [2.45, 2.75) is 31.8 Å². The number of ether oxygens (including phenoxy) is 1. The van der Waals surface area contributed by atoms with E-state index in [9.17, 15) is 26.7 Å². The summed E-state index contributed by atoms with van der Waals surface area (Å²) >= 11 is 5.44. The molecule has 1 aromatic rings. The summed E-state index contributed by atoms with van der Waals surface area (Å²) in [5.74, 6) is -1.34. The Bertz CT molecular complexity index is 519. The molecule has 0 aromatic carbocycles. The van der Waals surface area contributed by atoms with E-state index < -0.39 is 41.8 Å². The van der Waals surface area contributed by atoms with Gasteiger partial charge in [0, 0.05) is 5.56 Å². The van der Waals surface area contributed by atoms with E-state index in [-0.39, 0.29) is 18.2 Å². The number of esters is 1. The molecule has 0 fully saturated rings. The molecular weight excluding hydrogens is 321 g/mol. The first-order chi connectivity index (χ1) is 9.70. The van der Waals surface area contributed by atoms with E-state index in [1.807, 2.05) is 0 Å². The summed E-state index contributed by atoms with van der Waals surface area (Å²) in [6, 6.07) is 0.592. The zero-order valence-corrected chi connectivity index (χ0v) is 11.6.